The number of aromatic nitrogens is 3. The summed E-state index contributed by atoms with van der Waals surface area (Å²) in [5, 5.41) is 4.08. The molecule has 0 atom stereocenters. The average Bonchev–Trinajstić information content (AvgIpc) is 2.31. The number of nitrogens with two attached hydrogens (primary N) is 1. The molecule has 0 aliphatic heterocycles. The van der Waals surface area contributed by atoms with E-state index in [0.29, 0.717) is 6.54 Å². The van der Waals surface area contributed by atoms with Gasteiger partial charge in [-0.2, -0.15) is 5.10 Å². The fourth-order valence-electron chi connectivity index (χ4n) is 0.965. The lowest BCUT2D eigenvalue weighted by Gasteiger charge is -2.20. The highest BCUT2D eigenvalue weighted by Gasteiger charge is 2.16. The molecule has 0 aliphatic rings. The summed E-state index contributed by atoms with van der Waals surface area (Å²) in [7, 11) is 0. The molecule has 0 aliphatic carbocycles. The number of hydrogen-bond donors (Lipinski definition) is 1. The second-order valence-corrected chi connectivity index (χ2v) is 3.46. The van der Waals surface area contributed by atoms with E-state index in [1.165, 1.54) is 6.33 Å². The van der Waals surface area contributed by atoms with E-state index in [0.717, 1.165) is 5.82 Å². The maximum atomic E-state index is 5.47. The Morgan fingerprint density at radius 3 is 2.55 bits per heavy atom. The predicted octanol–water partition coefficient (Wildman–Crippen LogP) is 0.492. The first kappa shape index (κ1) is 8.20. The minimum absolute atomic E-state index is 0.0226. The van der Waals surface area contributed by atoms with E-state index in [4.69, 9.17) is 5.73 Å². The van der Waals surface area contributed by atoms with Gasteiger partial charge in [-0.15, -0.1) is 0 Å². The molecule has 0 saturated heterocycles. The topological polar surface area (TPSA) is 56.7 Å². The summed E-state index contributed by atoms with van der Waals surface area (Å²) in [6, 6.07) is 0. The molecule has 11 heavy (non-hydrogen) atoms. The first-order valence-corrected chi connectivity index (χ1v) is 3.65. The Morgan fingerprint density at radius 1 is 1.55 bits per heavy atom. The summed E-state index contributed by atoms with van der Waals surface area (Å²) in [5.41, 5.74) is 5.45. The maximum Gasteiger partial charge on any atom is 0.141 e. The number of rotatable bonds is 1. The Labute approximate surface area is 66.4 Å². The third-order valence-electron chi connectivity index (χ3n) is 1.44. The molecule has 1 rings (SSSR count). The summed E-state index contributed by atoms with van der Waals surface area (Å²) < 4.78 is 1.84. The molecule has 4 nitrogen and oxygen atoms in total. The lowest BCUT2D eigenvalue weighted by Crippen LogP contribution is -2.26. The van der Waals surface area contributed by atoms with E-state index in [1.807, 2.05) is 4.68 Å². The van der Waals surface area contributed by atoms with Gasteiger partial charge in [0.1, 0.15) is 12.2 Å². The summed E-state index contributed by atoms with van der Waals surface area (Å²) >= 11 is 0. The third-order valence-corrected chi connectivity index (χ3v) is 1.44. The molecule has 4 heteroatoms. The van der Waals surface area contributed by atoms with Gasteiger partial charge < -0.3 is 5.73 Å². The molecule has 1 aromatic heterocycles. The van der Waals surface area contributed by atoms with Crippen LogP contribution in [-0.4, -0.2) is 14.8 Å². The van der Waals surface area contributed by atoms with Crippen molar-refractivity contribution in [2.75, 3.05) is 0 Å². The van der Waals surface area contributed by atoms with Crippen LogP contribution >= 0.6 is 0 Å². The minimum atomic E-state index is -0.0226. The quantitative estimate of drug-likeness (QED) is 0.640. The zero-order valence-electron chi connectivity index (χ0n) is 7.20. The monoisotopic (exact) mass is 154 g/mol. The minimum Gasteiger partial charge on any atom is -0.324 e. The van der Waals surface area contributed by atoms with Crippen LogP contribution in [0.3, 0.4) is 0 Å². The molecular weight excluding hydrogens is 140 g/mol. The van der Waals surface area contributed by atoms with E-state index in [-0.39, 0.29) is 5.54 Å². The van der Waals surface area contributed by atoms with Gasteiger partial charge in [0.2, 0.25) is 0 Å². The molecular formula is C7H14N4. The predicted molar refractivity (Wildman–Crippen MR) is 42.9 cm³/mol. The Kier molecular flexibility index (Phi) is 1.95. The van der Waals surface area contributed by atoms with Gasteiger partial charge in [0, 0.05) is 0 Å². The van der Waals surface area contributed by atoms with Gasteiger partial charge in [0.15, 0.2) is 0 Å². The summed E-state index contributed by atoms with van der Waals surface area (Å²) in [5.74, 6) is 0.831. The highest BCUT2D eigenvalue weighted by molar-refractivity contribution is 4.88. The molecule has 0 fully saturated rings. The second-order valence-electron chi connectivity index (χ2n) is 3.46. The molecule has 0 saturated carbocycles. The van der Waals surface area contributed by atoms with Gasteiger partial charge >= 0.3 is 0 Å². The zero-order valence-corrected chi connectivity index (χ0v) is 7.20. The van der Waals surface area contributed by atoms with Crippen LogP contribution in [0.2, 0.25) is 0 Å². The Hall–Kier alpha value is -0.900. The second kappa shape index (κ2) is 2.62. The van der Waals surface area contributed by atoms with E-state index < -0.39 is 0 Å². The molecule has 0 aromatic carbocycles. The number of nitrogens with zero attached hydrogens (tertiary/aromatic N) is 3. The van der Waals surface area contributed by atoms with Crippen molar-refractivity contribution in [3.8, 4) is 0 Å². The van der Waals surface area contributed by atoms with Crippen LogP contribution in [0, 0.1) is 0 Å². The number of hydrogen-bond acceptors (Lipinski definition) is 3. The smallest absolute Gasteiger partial charge is 0.141 e. The van der Waals surface area contributed by atoms with E-state index in [1.54, 1.807) is 0 Å². The molecule has 62 valence electrons. The normalized spacial score (nSPS) is 12.0. The first-order chi connectivity index (χ1) is 5.05. The molecule has 0 unspecified atom stereocenters. The van der Waals surface area contributed by atoms with Crippen LogP contribution in [-0.2, 0) is 12.1 Å². The molecule has 0 amide bonds. The standard InChI is InChI=1S/C7H14N4/c1-7(2,3)11-6(4-8)9-5-10-11/h5H,4,8H2,1-3H3. The first-order valence-electron chi connectivity index (χ1n) is 3.65. The summed E-state index contributed by atoms with van der Waals surface area (Å²) in [6.07, 6.45) is 1.54. The van der Waals surface area contributed by atoms with Gasteiger partial charge in [-0.05, 0) is 20.8 Å². The molecule has 1 heterocycles. The van der Waals surface area contributed by atoms with Crippen molar-refractivity contribution in [2.45, 2.75) is 32.9 Å². The van der Waals surface area contributed by atoms with Gasteiger partial charge in [0.05, 0.1) is 12.1 Å². The molecule has 0 bridgehead atoms. The lowest BCUT2D eigenvalue weighted by atomic mass is 10.1. The van der Waals surface area contributed by atoms with Crippen molar-refractivity contribution in [1.82, 2.24) is 14.8 Å². The van der Waals surface area contributed by atoms with Crippen molar-refractivity contribution in [3.63, 3.8) is 0 Å². The van der Waals surface area contributed by atoms with Crippen LogP contribution in [0.25, 0.3) is 0 Å². The third kappa shape index (κ3) is 1.57. The van der Waals surface area contributed by atoms with Gasteiger partial charge in [0.25, 0.3) is 0 Å². The van der Waals surface area contributed by atoms with Crippen molar-refractivity contribution < 1.29 is 0 Å². The van der Waals surface area contributed by atoms with E-state index >= 15 is 0 Å². The van der Waals surface area contributed by atoms with Gasteiger partial charge in [-0.1, -0.05) is 0 Å². The SMILES string of the molecule is CC(C)(C)n1ncnc1CN. The highest BCUT2D eigenvalue weighted by Crippen LogP contribution is 2.12. The summed E-state index contributed by atoms with van der Waals surface area (Å²) in [6.45, 7) is 6.65. The average molecular weight is 154 g/mol. The van der Waals surface area contributed by atoms with Crippen molar-refractivity contribution >= 4 is 0 Å². The maximum absolute atomic E-state index is 5.47. The van der Waals surface area contributed by atoms with Crippen molar-refractivity contribution in [2.24, 2.45) is 5.73 Å². The highest BCUT2D eigenvalue weighted by atomic mass is 15.4. The molecule has 1 aromatic rings. The molecule has 0 radical (unpaired) electrons. The van der Waals surface area contributed by atoms with Crippen LogP contribution in [0.5, 0.6) is 0 Å². The fourth-order valence-corrected chi connectivity index (χ4v) is 0.965. The van der Waals surface area contributed by atoms with Crippen molar-refractivity contribution in [1.29, 1.82) is 0 Å². The van der Waals surface area contributed by atoms with Gasteiger partial charge in [-0.3, -0.25) is 0 Å². The van der Waals surface area contributed by atoms with Crippen LogP contribution < -0.4 is 5.73 Å². The Bertz CT molecular complexity index is 233. The van der Waals surface area contributed by atoms with E-state index in [9.17, 15) is 0 Å². The van der Waals surface area contributed by atoms with Gasteiger partial charge in [-0.25, -0.2) is 9.67 Å². The van der Waals surface area contributed by atoms with Crippen LogP contribution in [0.1, 0.15) is 26.6 Å². The van der Waals surface area contributed by atoms with Crippen LogP contribution in [0.4, 0.5) is 0 Å². The van der Waals surface area contributed by atoms with E-state index in [2.05, 4.69) is 30.9 Å². The fraction of sp³-hybridized carbons (Fsp3) is 0.714. The van der Waals surface area contributed by atoms with Crippen molar-refractivity contribution in [3.05, 3.63) is 12.2 Å². The lowest BCUT2D eigenvalue weighted by molar-refractivity contribution is 0.341. The Balaban J connectivity index is 3.02. The Morgan fingerprint density at radius 2 is 2.18 bits per heavy atom. The van der Waals surface area contributed by atoms with Crippen LogP contribution in [0.15, 0.2) is 6.33 Å². The molecule has 0 spiro atoms. The molecule has 2 N–H and O–H groups in total. The zero-order chi connectivity index (χ0) is 8.48. The largest absolute Gasteiger partial charge is 0.324 e. The summed E-state index contributed by atoms with van der Waals surface area (Å²) in [4.78, 5) is 4.03.